The van der Waals surface area contributed by atoms with E-state index in [4.69, 9.17) is 0 Å². The molecule has 0 amide bonds. The molecule has 244 valence electrons. The van der Waals surface area contributed by atoms with Gasteiger partial charge in [0, 0.05) is 42.1 Å². The number of nitrogens with zero attached hydrogens (tertiary/aromatic N) is 3. The Labute approximate surface area is 289 Å². The number of allylic oxidation sites excluding steroid dienone is 7. The number of aromatic nitrogens is 2. The van der Waals surface area contributed by atoms with E-state index in [0.717, 1.165) is 6.54 Å². The van der Waals surface area contributed by atoms with Gasteiger partial charge in [-0.25, -0.2) is 4.98 Å². The molecule has 3 aromatic carbocycles. The van der Waals surface area contributed by atoms with Crippen molar-refractivity contribution in [3.63, 3.8) is 0 Å². The van der Waals surface area contributed by atoms with Crippen LogP contribution in [0.5, 0.6) is 0 Å². The summed E-state index contributed by atoms with van der Waals surface area (Å²) in [6, 6.07) is 25.8. The first-order valence-electron chi connectivity index (χ1n) is 17.0. The number of hydrogen-bond acceptors (Lipinski definition) is 3. The van der Waals surface area contributed by atoms with Gasteiger partial charge in [0.1, 0.15) is 9.40 Å². The molecule has 1 aliphatic heterocycles. The molecule has 0 aliphatic carbocycles. The van der Waals surface area contributed by atoms with Crippen LogP contribution in [0.3, 0.4) is 0 Å². The van der Waals surface area contributed by atoms with Crippen molar-refractivity contribution >= 4 is 54.9 Å². The standard InChI is InChI=1S/C34H45N3S.C7H5NS/c1-7-37(8-2,9-3)27-19-26-36-30-22-17-18-23-31(30)38-33(36)25-14-12-10-11-13-24-32-34(4,5)28-20-15-16-21-29(28)35(32)6;1-2-4-7-6(3-1)8-5-9-7/h10-18,20-25H,7-9,19,26-27H2,1-6H3;1-5H/q+2;/p+1. The molecule has 5 aromatic rings. The average molecular weight is 664 g/mol. The number of thiazole rings is 2. The highest BCUT2D eigenvalue weighted by atomic mass is 32.1. The molecule has 0 unspecified atom stereocenters. The number of fused-ring (bicyclic) bond motifs is 3. The van der Waals surface area contributed by atoms with Crippen molar-refractivity contribution in [2.75, 3.05) is 38.1 Å². The molecule has 1 N–H and O–H groups in total. The van der Waals surface area contributed by atoms with Crippen molar-refractivity contribution < 1.29 is 14.0 Å². The fourth-order valence-electron chi connectivity index (χ4n) is 6.74. The molecule has 0 bridgehead atoms. The van der Waals surface area contributed by atoms with Crippen LogP contribution in [0.25, 0.3) is 26.5 Å². The van der Waals surface area contributed by atoms with E-state index < -0.39 is 0 Å². The van der Waals surface area contributed by atoms with E-state index in [1.807, 2.05) is 29.0 Å². The summed E-state index contributed by atoms with van der Waals surface area (Å²) in [6.07, 6.45) is 16.4. The van der Waals surface area contributed by atoms with Crippen LogP contribution in [-0.4, -0.2) is 37.7 Å². The molecule has 0 spiro atoms. The minimum atomic E-state index is 0.0119. The van der Waals surface area contributed by atoms with Crippen LogP contribution in [0.4, 0.5) is 5.69 Å². The maximum Gasteiger partial charge on any atom is 0.262 e. The molecule has 3 heterocycles. The molecule has 4 nitrogen and oxygen atoms in total. The summed E-state index contributed by atoms with van der Waals surface area (Å²) in [6.45, 7) is 17.5. The summed E-state index contributed by atoms with van der Waals surface area (Å²) in [5.74, 6) is 0. The lowest BCUT2D eigenvalue weighted by Crippen LogP contribution is -2.49. The predicted molar refractivity (Wildman–Crippen MR) is 205 cm³/mol. The number of hydrogen-bond donors (Lipinski definition) is 0. The molecule has 6 rings (SSSR count). The molecule has 0 atom stereocenters. The molecule has 0 saturated heterocycles. The minimum Gasteiger partial charge on any atom is -0.347 e. The van der Waals surface area contributed by atoms with Gasteiger partial charge in [0.2, 0.25) is 16.5 Å². The number of H-pyrrole nitrogens is 1. The zero-order valence-corrected chi connectivity index (χ0v) is 30.6. The zero-order chi connectivity index (χ0) is 33.3. The molecular formula is C41H51N4S2+3. The fraction of sp³-hybridized carbons (Fsp3) is 0.317. The SMILES string of the molecule is CC[N+](CC)(CC)CCC[n+]1c(/C=C/C=C/C=C/C=C2\N(C)c3ccccc3C2(C)C)sc2ccccc21.c1ccc2sc[nH+]c2c1. The van der Waals surface area contributed by atoms with Gasteiger partial charge < -0.3 is 9.38 Å². The Morgan fingerprint density at radius 1 is 0.809 bits per heavy atom. The Kier molecular flexibility index (Phi) is 11.6. The second kappa shape index (κ2) is 15.8. The van der Waals surface area contributed by atoms with Gasteiger partial charge in [0.15, 0.2) is 6.54 Å². The van der Waals surface area contributed by atoms with E-state index >= 15 is 0 Å². The molecule has 0 saturated carbocycles. The fourth-order valence-corrected chi connectivity index (χ4v) is 8.57. The monoisotopic (exact) mass is 663 g/mol. The Morgan fingerprint density at radius 3 is 2.21 bits per heavy atom. The predicted octanol–water partition coefficient (Wildman–Crippen LogP) is 9.61. The summed E-state index contributed by atoms with van der Waals surface area (Å²) >= 11 is 3.61. The summed E-state index contributed by atoms with van der Waals surface area (Å²) in [5, 5.41) is 1.32. The van der Waals surface area contributed by atoms with Gasteiger partial charge in [0.05, 0.1) is 32.6 Å². The lowest BCUT2D eigenvalue weighted by Gasteiger charge is -2.35. The number of likely N-dealkylation sites (N-methyl/N-ethyl adjacent to an activating group) is 1. The van der Waals surface area contributed by atoms with Gasteiger partial charge in [-0.2, -0.15) is 4.57 Å². The van der Waals surface area contributed by atoms with E-state index in [1.165, 1.54) is 79.5 Å². The van der Waals surface area contributed by atoms with Gasteiger partial charge in [0.25, 0.3) is 5.01 Å². The van der Waals surface area contributed by atoms with Gasteiger partial charge in [-0.1, -0.05) is 109 Å². The molecular weight excluding hydrogens is 613 g/mol. The largest absolute Gasteiger partial charge is 0.347 e. The van der Waals surface area contributed by atoms with Gasteiger partial charge in [-0.15, -0.1) is 0 Å². The van der Waals surface area contributed by atoms with Crippen LogP contribution in [0.2, 0.25) is 0 Å². The number of benzene rings is 3. The smallest absolute Gasteiger partial charge is 0.262 e. The van der Waals surface area contributed by atoms with E-state index in [0.29, 0.717) is 0 Å². The van der Waals surface area contributed by atoms with Crippen LogP contribution in [0, 0.1) is 0 Å². The first kappa shape index (κ1) is 34.5. The first-order valence-corrected chi connectivity index (χ1v) is 18.7. The van der Waals surface area contributed by atoms with Crippen molar-refractivity contribution in [2.24, 2.45) is 0 Å². The highest BCUT2D eigenvalue weighted by molar-refractivity contribution is 7.18. The average Bonchev–Trinajstić information content (AvgIpc) is 3.77. The molecule has 2 aromatic heterocycles. The second-order valence-corrected chi connectivity index (χ2v) is 14.7. The van der Waals surface area contributed by atoms with Gasteiger partial charge >= 0.3 is 0 Å². The minimum absolute atomic E-state index is 0.0119. The van der Waals surface area contributed by atoms with Crippen molar-refractivity contribution in [3.05, 3.63) is 131 Å². The maximum absolute atomic E-state index is 3.14. The lowest BCUT2D eigenvalue weighted by atomic mass is 9.84. The third-order valence-corrected chi connectivity index (χ3v) is 11.8. The topological polar surface area (TPSA) is 21.3 Å². The third kappa shape index (κ3) is 7.83. The molecule has 1 aliphatic rings. The van der Waals surface area contributed by atoms with Crippen molar-refractivity contribution in [3.8, 4) is 0 Å². The maximum atomic E-state index is 3.14. The van der Waals surface area contributed by atoms with Gasteiger partial charge in [-0.3, -0.25) is 0 Å². The van der Waals surface area contributed by atoms with Crippen molar-refractivity contribution in [1.82, 2.24) is 0 Å². The number of rotatable bonds is 11. The van der Waals surface area contributed by atoms with E-state index in [-0.39, 0.29) is 5.41 Å². The highest BCUT2D eigenvalue weighted by Gasteiger charge is 2.37. The Bertz CT molecular complexity index is 1850. The Hall–Kier alpha value is -3.84. The van der Waals surface area contributed by atoms with Crippen LogP contribution in [0.1, 0.15) is 51.6 Å². The summed E-state index contributed by atoms with van der Waals surface area (Å²) < 4.78 is 6.39. The van der Waals surface area contributed by atoms with E-state index in [2.05, 4.69) is 159 Å². The van der Waals surface area contributed by atoms with Gasteiger partial charge in [-0.05, 0) is 50.6 Å². The Morgan fingerprint density at radius 2 is 1.47 bits per heavy atom. The van der Waals surface area contributed by atoms with E-state index in [1.54, 1.807) is 11.3 Å². The third-order valence-electron chi connectivity index (χ3n) is 9.83. The van der Waals surface area contributed by atoms with Crippen LogP contribution >= 0.6 is 22.7 Å². The van der Waals surface area contributed by atoms with E-state index in [9.17, 15) is 0 Å². The van der Waals surface area contributed by atoms with Crippen molar-refractivity contribution in [2.45, 2.75) is 53.0 Å². The number of aryl methyl sites for hydroxylation is 1. The molecule has 0 fully saturated rings. The van der Waals surface area contributed by atoms with Crippen LogP contribution in [0.15, 0.2) is 120 Å². The number of anilines is 1. The number of para-hydroxylation sites is 3. The zero-order valence-electron chi connectivity index (χ0n) is 28.9. The van der Waals surface area contributed by atoms with Crippen molar-refractivity contribution in [1.29, 1.82) is 0 Å². The summed E-state index contributed by atoms with van der Waals surface area (Å²) in [7, 11) is 2.16. The summed E-state index contributed by atoms with van der Waals surface area (Å²) in [5.41, 5.74) is 8.59. The lowest BCUT2D eigenvalue weighted by molar-refractivity contribution is -0.925. The normalized spacial score (nSPS) is 15.4. The molecule has 47 heavy (non-hydrogen) atoms. The first-order chi connectivity index (χ1) is 22.8. The number of aromatic amines is 1. The quantitative estimate of drug-likeness (QED) is 0.0784. The molecule has 0 radical (unpaired) electrons. The Balaban J connectivity index is 0.000000410. The van der Waals surface area contributed by atoms with Crippen LogP contribution < -0.4 is 14.5 Å². The molecule has 6 heteroatoms. The van der Waals surface area contributed by atoms with Crippen LogP contribution in [-0.2, 0) is 12.0 Å². The highest BCUT2D eigenvalue weighted by Crippen LogP contribution is 2.46. The second-order valence-electron chi connectivity index (χ2n) is 12.7. The number of quaternary nitrogens is 1. The number of nitrogens with one attached hydrogen (secondary N) is 1. The summed E-state index contributed by atoms with van der Waals surface area (Å²) in [4.78, 5) is 5.45.